The highest BCUT2D eigenvalue weighted by Gasteiger charge is 2.54. The molecule has 19 rings (SSSR count). The summed E-state index contributed by atoms with van der Waals surface area (Å²) in [5, 5.41) is 4.84. The minimum atomic E-state index is -0.184. The number of furan rings is 1. The van der Waals surface area contributed by atoms with Crippen LogP contribution in [0.25, 0.3) is 44.2 Å². The second-order valence-corrected chi connectivity index (χ2v) is 23.6. The fourth-order valence-corrected chi connectivity index (χ4v) is 15.4. The molecule has 0 unspecified atom stereocenters. The Morgan fingerprint density at radius 1 is 0.287 bits per heavy atom. The van der Waals surface area contributed by atoms with Crippen molar-refractivity contribution in [1.82, 2.24) is 0 Å². The maximum absolute atomic E-state index is 7.81. The normalized spacial score (nSPS) is 13.4. The molecule has 5 aliphatic heterocycles. The summed E-state index contributed by atoms with van der Waals surface area (Å²) < 4.78 is 7.81. The van der Waals surface area contributed by atoms with Crippen molar-refractivity contribution in [3.05, 3.63) is 297 Å². The highest BCUT2D eigenvalue weighted by atomic mass is 16.3. The van der Waals surface area contributed by atoms with Gasteiger partial charge < -0.3 is 28.9 Å². The largest absolute Gasteiger partial charge is 0.452 e. The van der Waals surface area contributed by atoms with E-state index in [1.807, 2.05) is 0 Å². The van der Waals surface area contributed by atoms with Gasteiger partial charge in [0.25, 0.3) is 13.4 Å². The molecule has 6 nitrogen and oxygen atoms in total. The Kier molecular flexibility index (Phi) is 10.2. The fraction of sp³-hybridized carbons (Fsp3) is 0.0127. The molecule has 0 N–H and O–H groups in total. The molecule has 87 heavy (non-hydrogen) atoms. The van der Waals surface area contributed by atoms with Gasteiger partial charge in [0.1, 0.15) is 11.4 Å². The SMILES string of the molecule is Cc1cc2c3c(c1)N1c4c(ccc5c4N(c4cc(N(c6ccccc6)c6ccccc6)cc6c4B5c4cc5ccccc5cc4N6c4ccccc4)c4c(-c5ccccc5)oc(-c5ccccc5)c41)B3c1cc3ccccc3cc1N2c1ccccc1. The summed E-state index contributed by atoms with van der Waals surface area (Å²) in [6, 6.07) is 108. The van der Waals surface area contributed by atoms with Gasteiger partial charge in [0.15, 0.2) is 11.5 Å². The van der Waals surface area contributed by atoms with Gasteiger partial charge in [-0.2, -0.15) is 0 Å². The summed E-state index contributed by atoms with van der Waals surface area (Å²) in [5.74, 6) is 1.62. The molecule has 6 heterocycles. The molecule has 0 fully saturated rings. The minimum Gasteiger partial charge on any atom is -0.452 e. The van der Waals surface area contributed by atoms with Crippen LogP contribution in [0.3, 0.4) is 0 Å². The summed E-state index contributed by atoms with van der Waals surface area (Å²) in [7, 11) is 0. The molecule has 8 heteroatoms. The van der Waals surface area contributed by atoms with E-state index in [9.17, 15) is 0 Å². The maximum atomic E-state index is 7.81. The lowest BCUT2D eigenvalue weighted by Gasteiger charge is -2.51. The van der Waals surface area contributed by atoms with Crippen LogP contribution in [-0.2, 0) is 0 Å². The fourth-order valence-electron chi connectivity index (χ4n) is 15.4. The lowest BCUT2D eigenvalue weighted by molar-refractivity contribution is 0.598. The third-order valence-electron chi connectivity index (χ3n) is 18.8. The third-order valence-corrected chi connectivity index (χ3v) is 18.8. The van der Waals surface area contributed by atoms with E-state index in [0.717, 1.165) is 90.9 Å². The molecule has 0 radical (unpaired) electrons. The third kappa shape index (κ3) is 6.89. The topological polar surface area (TPSA) is 29.3 Å². The average Bonchev–Trinajstić information content (AvgIpc) is 1.62. The van der Waals surface area contributed by atoms with E-state index >= 15 is 0 Å². The zero-order chi connectivity index (χ0) is 57.0. The number of rotatable bonds is 7. The number of benzene rings is 13. The quantitative estimate of drug-likeness (QED) is 0.148. The van der Waals surface area contributed by atoms with Gasteiger partial charge in [0.05, 0.1) is 17.1 Å². The Bertz CT molecular complexity index is 5120. The molecule has 0 aliphatic carbocycles. The molecule has 0 spiro atoms. The van der Waals surface area contributed by atoms with Crippen LogP contribution >= 0.6 is 0 Å². The number of fused-ring (bicyclic) bond motifs is 13. The monoisotopic (exact) mass is 1110 g/mol. The highest BCUT2D eigenvalue weighted by molar-refractivity contribution is 7.03. The van der Waals surface area contributed by atoms with Crippen molar-refractivity contribution < 1.29 is 4.42 Å². The van der Waals surface area contributed by atoms with Crippen molar-refractivity contribution in [3.63, 3.8) is 0 Å². The van der Waals surface area contributed by atoms with Crippen LogP contribution in [0.15, 0.2) is 296 Å². The predicted molar refractivity (Wildman–Crippen MR) is 366 cm³/mol. The molecule has 404 valence electrons. The summed E-state index contributed by atoms with van der Waals surface area (Å²) in [5.41, 5.74) is 27.4. The Morgan fingerprint density at radius 3 is 1.06 bits per heavy atom. The number of aryl methyl sites for hydroxylation is 1. The van der Waals surface area contributed by atoms with Gasteiger partial charge in [-0.15, -0.1) is 0 Å². The van der Waals surface area contributed by atoms with E-state index < -0.39 is 0 Å². The van der Waals surface area contributed by atoms with Gasteiger partial charge in [-0.1, -0.05) is 206 Å². The van der Waals surface area contributed by atoms with Crippen molar-refractivity contribution in [2.45, 2.75) is 6.92 Å². The number of nitrogens with zero attached hydrogens (tertiary/aromatic N) is 5. The number of anilines is 15. The molecular formula is C79H51B2N5O. The summed E-state index contributed by atoms with van der Waals surface area (Å²) in [6.45, 7) is 1.95. The zero-order valence-electron chi connectivity index (χ0n) is 47.5. The predicted octanol–water partition coefficient (Wildman–Crippen LogP) is 17.2. The molecule has 1 aromatic heterocycles. The Morgan fingerprint density at radius 2 is 0.632 bits per heavy atom. The Balaban J connectivity index is 1.00. The number of hydrogen-bond donors (Lipinski definition) is 0. The van der Waals surface area contributed by atoms with Crippen LogP contribution in [0.1, 0.15) is 5.56 Å². The van der Waals surface area contributed by atoms with Crippen LogP contribution in [0.4, 0.5) is 85.3 Å². The lowest BCUT2D eigenvalue weighted by Crippen LogP contribution is -2.65. The van der Waals surface area contributed by atoms with E-state index in [0.29, 0.717) is 0 Å². The molecular weight excluding hydrogens is 1060 g/mol. The van der Waals surface area contributed by atoms with Gasteiger partial charge in [0, 0.05) is 68.0 Å². The van der Waals surface area contributed by atoms with Crippen LogP contribution in [-0.4, -0.2) is 13.4 Å². The molecule has 5 aliphatic rings. The van der Waals surface area contributed by atoms with Crippen molar-refractivity contribution in [2.24, 2.45) is 0 Å². The molecule has 14 aromatic rings. The second kappa shape index (κ2) is 18.4. The standard InChI is InChI=1S/C79H51B2N5O/c1-50-42-68-72-69(43-50)85-74-62(80(72)64-44-53-28-20-22-30-55(53)46-66(64)83(68)59-36-16-6-17-37-59)40-41-63-75(74)86(77-76(85)78(51-24-8-2-9-25-51)87-79(77)52-26-10-3-11-27-52)71-49-61(82(57-32-12-4-13-33-57)58-34-14-5-15-35-58)48-70-73(71)81(63)65-45-54-29-21-23-31-56(54)47-67(65)84(70)60-38-18-7-19-39-60/h2-49H,1H3. The van der Waals surface area contributed by atoms with Gasteiger partial charge in [0.2, 0.25) is 0 Å². The van der Waals surface area contributed by atoms with Crippen molar-refractivity contribution in [1.29, 1.82) is 0 Å². The zero-order valence-corrected chi connectivity index (χ0v) is 47.5. The first-order valence-electron chi connectivity index (χ1n) is 30.1. The first-order chi connectivity index (χ1) is 43.1. The Labute approximate surface area is 505 Å². The van der Waals surface area contributed by atoms with Crippen LogP contribution in [0, 0.1) is 6.92 Å². The number of para-hydroxylation sites is 4. The highest BCUT2D eigenvalue weighted by Crippen LogP contribution is 2.64. The van der Waals surface area contributed by atoms with Crippen molar-refractivity contribution >= 4 is 153 Å². The summed E-state index contributed by atoms with van der Waals surface area (Å²) >= 11 is 0. The summed E-state index contributed by atoms with van der Waals surface area (Å²) in [4.78, 5) is 12.8. The molecule has 0 saturated heterocycles. The van der Waals surface area contributed by atoms with Gasteiger partial charge in [-0.3, -0.25) is 0 Å². The van der Waals surface area contributed by atoms with Gasteiger partial charge in [-0.25, -0.2) is 0 Å². The smallest absolute Gasteiger partial charge is 0.252 e. The van der Waals surface area contributed by atoms with Crippen LogP contribution < -0.4 is 57.3 Å². The van der Waals surface area contributed by atoms with E-state index in [-0.39, 0.29) is 13.4 Å². The number of hydrogen-bond acceptors (Lipinski definition) is 6. The summed E-state index contributed by atoms with van der Waals surface area (Å²) in [6.07, 6.45) is 0. The van der Waals surface area contributed by atoms with Crippen LogP contribution in [0.2, 0.25) is 0 Å². The lowest BCUT2D eigenvalue weighted by atomic mass is 9.30. The minimum absolute atomic E-state index is 0.137. The average molecular weight is 1110 g/mol. The van der Waals surface area contributed by atoms with Gasteiger partial charge in [-0.05, 0) is 152 Å². The van der Waals surface area contributed by atoms with Crippen molar-refractivity contribution in [2.75, 3.05) is 24.5 Å². The maximum Gasteiger partial charge on any atom is 0.252 e. The molecule has 0 amide bonds. The van der Waals surface area contributed by atoms with Gasteiger partial charge >= 0.3 is 0 Å². The van der Waals surface area contributed by atoms with E-state index in [4.69, 9.17) is 4.42 Å². The van der Waals surface area contributed by atoms with E-state index in [2.05, 4.69) is 323 Å². The van der Waals surface area contributed by atoms with Crippen molar-refractivity contribution in [3.8, 4) is 22.6 Å². The second-order valence-electron chi connectivity index (χ2n) is 23.6. The van der Waals surface area contributed by atoms with Crippen LogP contribution in [0.5, 0.6) is 0 Å². The molecule has 0 atom stereocenters. The first-order valence-corrected chi connectivity index (χ1v) is 30.1. The van der Waals surface area contributed by atoms with E-state index in [1.165, 1.54) is 76.9 Å². The Hall–Kier alpha value is -11.2. The molecule has 13 aromatic carbocycles. The molecule has 0 saturated carbocycles. The molecule has 0 bridgehead atoms. The first kappa shape index (κ1) is 48.2. The van der Waals surface area contributed by atoms with E-state index in [1.54, 1.807) is 0 Å².